The van der Waals surface area contributed by atoms with Crippen molar-refractivity contribution < 1.29 is 14.4 Å². The third kappa shape index (κ3) is 2.91. The molecule has 2 aromatic rings. The normalized spacial score (nSPS) is 22.7. The highest BCUT2D eigenvalue weighted by Crippen LogP contribution is 2.37. The van der Waals surface area contributed by atoms with Crippen molar-refractivity contribution in [2.45, 2.75) is 32.1 Å². The van der Waals surface area contributed by atoms with Crippen LogP contribution in [0.15, 0.2) is 23.0 Å². The number of nitrogens with one attached hydrogen (secondary N) is 3. The maximum atomic E-state index is 12.4. The minimum atomic E-state index is -0.309. The number of H-pyrrole nitrogens is 2. The number of nitrogens with zero attached hydrogens (tertiary/aromatic N) is 1. The van der Waals surface area contributed by atoms with Crippen molar-refractivity contribution in [1.82, 2.24) is 14.9 Å². The molecule has 8 nitrogen and oxygen atoms in total. The maximum absolute atomic E-state index is 12.4. The number of hydrogen-bond acceptors (Lipinski definition) is 4. The number of fused-ring (bicyclic) bond motifs is 2. The Kier molecular flexibility index (Phi) is 4.10. The Morgan fingerprint density at radius 3 is 2.38 bits per heavy atom. The Balaban J connectivity index is 1.38. The lowest BCUT2D eigenvalue weighted by Crippen LogP contribution is -2.34. The first-order valence-corrected chi connectivity index (χ1v) is 8.90. The lowest BCUT2D eigenvalue weighted by atomic mass is 9.81. The van der Waals surface area contributed by atoms with Gasteiger partial charge in [-0.3, -0.25) is 19.3 Å². The summed E-state index contributed by atoms with van der Waals surface area (Å²) in [7, 11) is 0. The lowest BCUT2D eigenvalue weighted by Gasteiger charge is -2.19. The van der Waals surface area contributed by atoms with E-state index in [9.17, 15) is 19.2 Å². The van der Waals surface area contributed by atoms with E-state index in [1.807, 2.05) is 0 Å². The molecule has 3 N–H and O–H groups in total. The van der Waals surface area contributed by atoms with E-state index in [4.69, 9.17) is 0 Å². The Bertz CT molecular complexity index is 920. The van der Waals surface area contributed by atoms with Crippen LogP contribution in [-0.2, 0) is 14.4 Å². The van der Waals surface area contributed by atoms with Crippen LogP contribution in [0.2, 0.25) is 0 Å². The number of benzene rings is 1. The summed E-state index contributed by atoms with van der Waals surface area (Å²) < 4.78 is 0. The van der Waals surface area contributed by atoms with Crippen LogP contribution in [0.1, 0.15) is 32.1 Å². The summed E-state index contributed by atoms with van der Waals surface area (Å²) in [4.78, 5) is 54.8. The summed E-state index contributed by atoms with van der Waals surface area (Å²) in [6.07, 6.45) is 3.56. The van der Waals surface area contributed by atoms with E-state index in [0.717, 1.165) is 25.7 Å². The van der Waals surface area contributed by atoms with Gasteiger partial charge in [0.05, 0.1) is 22.9 Å². The highest BCUT2D eigenvalue weighted by Gasteiger charge is 2.47. The molecule has 1 aliphatic carbocycles. The smallest absolute Gasteiger partial charge is 0.323 e. The first-order valence-electron chi connectivity index (χ1n) is 8.90. The number of carbonyl (C=O) groups excluding carboxylic acids is 3. The van der Waals surface area contributed by atoms with Gasteiger partial charge in [-0.25, -0.2) is 4.79 Å². The molecular weight excluding hydrogens is 336 g/mol. The van der Waals surface area contributed by atoms with E-state index in [1.54, 1.807) is 18.2 Å². The molecule has 1 saturated carbocycles. The molecule has 26 heavy (non-hydrogen) atoms. The summed E-state index contributed by atoms with van der Waals surface area (Å²) in [5, 5.41) is 2.74. The largest absolute Gasteiger partial charge is 0.326 e. The summed E-state index contributed by atoms with van der Waals surface area (Å²) in [6.45, 7) is 0.111. The fraction of sp³-hybridized carbons (Fsp3) is 0.444. The quantitative estimate of drug-likeness (QED) is 0.717. The van der Waals surface area contributed by atoms with Crippen LogP contribution in [0.4, 0.5) is 5.69 Å². The minimum absolute atomic E-state index is 0.0542. The van der Waals surface area contributed by atoms with Crippen molar-refractivity contribution in [2.75, 3.05) is 11.9 Å². The molecule has 2 aliphatic rings. The minimum Gasteiger partial charge on any atom is -0.326 e. The number of aromatic nitrogens is 2. The van der Waals surface area contributed by atoms with Gasteiger partial charge in [0.2, 0.25) is 17.7 Å². The molecule has 0 spiro atoms. The number of imide groups is 1. The maximum Gasteiger partial charge on any atom is 0.323 e. The molecule has 136 valence electrons. The first-order chi connectivity index (χ1) is 12.5. The first kappa shape index (κ1) is 16.6. The number of aromatic amines is 2. The van der Waals surface area contributed by atoms with E-state index in [1.165, 1.54) is 4.90 Å². The van der Waals surface area contributed by atoms with Gasteiger partial charge in [0.25, 0.3) is 0 Å². The second-order valence-electron chi connectivity index (χ2n) is 6.96. The highest BCUT2D eigenvalue weighted by atomic mass is 16.2. The molecule has 1 saturated heterocycles. The van der Waals surface area contributed by atoms with Crippen molar-refractivity contribution >= 4 is 34.4 Å². The molecule has 0 radical (unpaired) electrons. The fourth-order valence-corrected chi connectivity index (χ4v) is 4.00. The van der Waals surface area contributed by atoms with Gasteiger partial charge in [-0.2, -0.15) is 0 Å². The molecular formula is C18H20N4O4. The van der Waals surface area contributed by atoms with Gasteiger partial charge in [-0.1, -0.05) is 12.8 Å². The predicted octanol–water partition coefficient (Wildman–Crippen LogP) is 1.36. The van der Waals surface area contributed by atoms with E-state index in [-0.39, 0.29) is 48.2 Å². The molecule has 1 aromatic carbocycles. The van der Waals surface area contributed by atoms with Crippen LogP contribution in [0.25, 0.3) is 11.0 Å². The number of anilines is 1. The SMILES string of the molecule is O=C(CCN1C(=O)C2CCCCC2C1=O)Nc1ccc2[nH]c(=O)[nH]c2c1. The van der Waals surface area contributed by atoms with Gasteiger partial charge in [0.1, 0.15) is 0 Å². The average molecular weight is 356 g/mol. The molecule has 8 heteroatoms. The van der Waals surface area contributed by atoms with Gasteiger partial charge in [-0.15, -0.1) is 0 Å². The third-order valence-corrected chi connectivity index (χ3v) is 5.29. The molecule has 0 bridgehead atoms. The van der Waals surface area contributed by atoms with Gasteiger partial charge in [0.15, 0.2) is 0 Å². The molecule has 1 aromatic heterocycles. The number of likely N-dealkylation sites (tertiary alicyclic amines) is 1. The fourth-order valence-electron chi connectivity index (χ4n) is 4.00. The number of hydrogen-bond donors (Lipinski definition) is 3. The zero-order chi connectivity index (χ0) is 18.3. The zero-order valence-electron chi connectivity index (χ0n) is 14.2. The number of carbonyl (C=O) groups is 3. The Labute approximate surface area is 149 Å². The second-order valence-corrected chi connectivity index (χ2v) is 6.96. The summed E-state index contributed by atoms with van der Waals surface area (Å²) in [5.41, 5.74) is 1.49. The molecule has 4 rings (SSSR count). The zero-order valence-corrected chi connectivity index (χ0v) is 14.2. The van der Waals surface area contributed by atoms with Gasteiger partial charge >= 0.3 is 5.69 Å². The monoisotopic (exact) mass is 356 g/mol. The predicted molar refractivity (Wildman–Crippen MR) is 94.3 cm³/mol. The summed E-state index contributed by atoms with van der Waals surface area (Å²) in [5.74, 6) is -0.908. The number of amides is 3. The van der Waals surface area contributed by atoms with Gasteiger partial charge in [0, 0.05) is 18.7 Å². The lowest BCUT2D eigenvalue weighted by molar-refractivity contribution is -0.140. The highest BCUT2D eigenvalue weighted by molar-refractivity contribution is 6.05. The molecule has 2 fully saturated rings. The second kappa shape index (κ2) is 6.44. The average Bonchev–Trinajstić information content (AvgIpc) is 3.11. The molecule has 3 amide bonds. The van der Waals surface area contributed by atoms with E-state index in [2.05, 4.69) is 15.3 Å². The molecule has 2 unspecified atom stereocenters. The van der Waals surface area contributed by atoms with Gasteiger partial charge in [-0.05, 0) is 31.0 Å². The summed E-state index contributed by atoms with van der Waals surface area (Å²) >= 11 is 0. The van der Waals surface area contributed by atoms with E-state index >= 15 is 0 Å². The molecule has 2 atom stereocenters. The standard InChI is InChI=1S/C18H20N4O4/c23-15(19-10-5-6-13-14(9-10)21-18(26)20-13)7-8-22-16(24)11-3-1-2-4-12(11)17(22)25/h5-6,9,11-12H,1-4,7-8H2,(H,19,23)(H2,20,21,26). The van der Waals surface area contributed by atoms with Crippen LogP contribution in [0.3, 0.4) is 0 Å². The molecule has 2 heterocycles. The Hall–Kier alpha value is -2.90. The van der Waals surface area contributed by atoms with E-state index < -0.39 is 0 Å². The van der Waals surface area contributed by atoms with Crippen molar-refractivity contribution in [1.29, 1.82) is 0 Å². The topological polar surface area (TPSA) is 115 Å². The number of imidazole rings is 1. The third-order valence-electron chi connectivity index (χ3n) is 5.29. The van der Waals surface area contributed by atoms with E-state index in [0.29, 0.717) is 16.7 Å². The van der Waals surface area contributed by atoms with Gasteiger partial charge < -0.3 is 15.3 Å². The summed E-state index contributed by atoms with van der Waals surface area (Å²) in [6, 6.07) is 5.04. The van der Waals surface area contributed by atoms with Crippen molar-refractivity contribution in [2.24, 2.45) is 11.8 Å². The van der Waals surface area contributed by atoms with Crippen molar-refractivity contribution in [3.8, 4) is 0 Å². The van der Waals surface area contributed by atoms with Crippen LogP contribution < -0.4 is 11.0 Å². The van der Waals surface area contributed by atoms with Crippen molar-refractivity contribution in [3.05, 3.63) is 28.7 Å². The molecule has 1 aliphatic heterocycles. The van der Waals surface area contributed by atoms with Crippen molar-refractivity contribution in [3.63, 3.8) is 0 Å². The Morgan fingerprint density at radius 2 is 1.69 bits per heavy atom. The van der Waals surface area contributed by atoms with Crippen LogP contribution >= 0.6 is 0 Å². The van der Waals surface area contributed by atoms with Crippen LogP contribution in [0.5, 0.6) is 0 Å². The Morgan fingerprint density at radius 1 is 1.04 bits per heavy atom. The van der Waals surface area contributed by atoms with Crippen LogP contribution in [0, 0.1) is 11.8 Å². The van der Waals surface area contributed by atoms with Crippen LogP contribution in [-0.4, -0.2) is 39.1 Å². The number of rotatable bonds is 4.